The summed E-state index contributed by atoms with van der Waals surface area (Å²) in [6.45, 7) is 6.84. The highest BCUT2D eigenvalue weighted by molar-refractivity contribution is 6.00. The lowest BCUT2D eigenvalue weighted by molar-refractivity contribution is -0.144. The highest BCUT2D eigenvalue weighted by Gasteiger charge is 2.40. The van der Waals surface area contributed by atoms with Crippen molar-refractivity contribution in [2.75, 3.05) is 6.54 Å². The van der Waals surface area contributed by atoms with Crippen molar-refractivity contribution in [3.8, 4) is 0 Å². The molecule has 0 spiro atoms. The molecule has 318 valence electrons. The molecule has 0 aromatic heterocycles. The molecule has 2 saturated heterocycles. The van der Waals surface area contributed by atoms with Crippen LogP contribution in [-0.4, -0.2) is 141 Å². The van der Waals surface area contributed by atoms with Crippen LogP contribution in [0.1, 0.15) is 79.6 Å². The van der Waals surface area contributed by atoms with Crippen molar-refractivity contribution in [2.24, 2.45) is 17.4 Å². The Morgan fingerprint density at radius 2 is 1.19 bits per heavy atom. The maximum atomic E-state index is 13.7. The highest BCUT2D eigenvalue weighted by Crippen LogP contribution is 2.19. The zero-order chi connectivity index (χ0) is 43.3. The Bertz CT molecular complexity index is 1590. The van der Waals surface area contributed by atoms with Crippen molar-refractivity contribution in [3.05, 3.63) is 0 Å². The number of rotatable bonds is 10. The highest BCUT2D eigenvalue weighted by atomic mass is 16.4. The van der Waals surface area contributed by atoms with Crippen molar-refractivity contribution in [1.29, 1.82) is 0 Å². The fourth-order valence-electron chi connectivity index (χ4n) is 6.09. The summed E-state index contributed by atoms with van der Waals surface area (Å²) in [5, 5.41) is 36.4. The molecular weight excluding hydrogens is 756 g/mol. The van der Waals surface area contributed by atoms with Gasteiger partial charge in [0.15, 0.2) is 0 Å². The quantitative estimate of drug-likeness (QED) is 0.0982. The Hall–Kier alpha value is -5.87. The van der Waals surface area contributed by atoms with Gasteiger partial charge in [0.25, 0.3) is 0 Å². The second-order valence-corrected chi connectivity index (χ2v) is 14.2. The van der Waals surface area contributed by atoms with Gasteiger partial charge in [0.1, 0.15) is 48.3 Å². The fraction of sp³-hybridized carbons (Fsp3) is 0.676. The third-order valence-electron chi connectivity index (χ3n) is 9.54. The van der Waals surface area contributed by atoms with Gasteiger partial charge >= 0.3 is 5.97 Å². The van der Waals surface area contributed by atoms with Crippen LogP contribution in [0.2, 0.25) is 0 Å². The lowest BCUT2D eigenvalue weighted by Gasteiger charge is -2.31. The molecule has 2 heterocycles. The molecule has 10 amide bonds. The Morgan fingerprint density at radius 3 is 1.74 bits per heavy atom. The predicted molar refractivity (Wildman–Crippen MR) is 195 cm³/mol. The predicted octanol–water partition coefficient (Wildman–Crippen LogP) is -5.53. The van der Waals surface area contributed by atoms with E-state index in [9.17, 15) is 63.0 Å². The summed E-state index contributed by atoms with van der Waals surface area (Å²) in [5.41, 5.74) is 10.6. The van der Waals surface area contributed by atoms with Gasteiger partial charge in [0, 0.05) is 13.0 Å². The molecule has 10 atom stereocenters. The molecule has 0 radical (unpaired) electrons. The summed E-state index contributed by atoms with van der Waals surface area (Å²) in [4.78, 5) is 144. The van der Waals surface area contributed by atoms with Crippen LogP contribution in [0.4, 0.5) is 0 Å². The molecule has 2 fully saturated rings. The molecule has 2 aliphatic heterocycles. The van der Waals surface area contributed by atoms with Gasteiger partial charge in [-0.2, -0.15) is 0 Å². The molecule has 0 saturated carbocycles. The van der Waals surface area contributed by atoms with E-state index in [1.54, 1.807) is 13.8 Å². The van der Waals surface area contributed by atoms with Crippen LogP contribution in [-0.2, 0) is 52.7 Å². The molecule has 0 aromatic carbocycles. The van der Waals surface area contributed by atoms with Gasteiger partial charge in [-0.3, -0.25) is 52.7 Å². The smallest absolute Gasteiger partial charge is 0.305 e. The van der Waals surface area contributed by atoms with Crippen molar-refractivity contribution >= 4 is 65.0 Å². The minimum Gasteiger partial charge on any atom is -0.481 e. The summed E-state index contributed by atoms with van der Waals surface area (Å²) in [5.74, 6) is -12.1. The standard InChI is InChI=1S/C34H54N10O13/c1-6-14(2)25-32(55)41-20(13-24(48)49)30(53)38-16(4)34(57)44-11-7-8-21(44)31(54)40-19(12-23(36)47)29(52)37-15(3)27(50)43-26(17(5)45)33(56)39-18(28(51)42-25)9-10-22(35)46/h14-21,25-26,45H,6-13H2,1-5H3,(H2,35,46)(H2,36,47)(H,37,52)(H,38,53)(H,39,56)(H,40,54)(H,41,55)(H,42,51)(H,43,50)(H,48,49)/t14-,15-,16-,17+,18-,19-,20-,21-,25-,26-/m0/s1. The fourth-order valence-corrected chi connectivity index (χ4v) is 6.09. The summed E-state index contributed by atoms with van der Waals surface area (Å²) in [6, 6.07) is -12.3. The first-order chi connectivity index (χ1) is 26.6. The van der Waals surface area contributed by atoms with Crippen LogP contribution in [0, 0.1) is 5.92 Å². The third kappa shape index (κ3) is 14.0. The second-order valence-electron chi connectivity index (χ2n) is 14.2. The van der Waals surface area contributed by atoms with E-state index >= 15 is 0 Å². The van der Waals surface area contributed by atoms with Crippen LogP contribution < -0.4 is 48.7 Å². The van der Waals surface area contributed by atoms with Crippen molar-refractivity contribution < 1.29 is 63.0 Å². The molecule has 0 bridgehead atoms. The van der Waals surface area contributed by atoms with Crippen LogP contribution >= 0.6 is 0 Å². The minimum atomic E-state index is -1.78. The summed E-state index contributed by atoms with van der Waals surface area (Å²) in [6.07, 6.45) is -3.50. The summed E-state index contributed by atoms with van der Waals surface area (Å²) in [7, 11) is 0. The van der Waals surface area contributed by atoms with E-state index in [0.29, 0.717) is 6.42 Å². The van der Waals surface area contributed by atoms with Gasteiger partial charge in [-0.15, -0.1) is 0 Å². The molecule has 0 aliphatic carbocycles. The molecule has 0 aromatic rings. The van der Waals surface area contributed by atoms with E-state index in [1.807, 2.05) is 0 Å². The maximum absolute atomic E-state index is 13.7. The minimum absolute atomic E-state index is 0.0328. The Labute approximate surface area is 327 Å². The number of amides is 10. The van der Waals surface area contributed by atoms with Gasteiger partial charge in [-0.1, -0.05) is 20.3 Å². The van der Waals surface area contributed by atoms with Gasteiger partial charge in [-0.05, 0) is 46.0 Å². The van der Waals surface area contributed by atoms with E-state index in [4.69, 9.17) is 11.5 Å². The van der Waals surface area contributed by atoms with Crippen LogP contribution in [0.3, 0.4) is 0 Å². The topological polar surface area (TPSA) is 368 Å². The summed E-state index contributed by atoms with van der Waals surface area (Å²) < 4.78 is 0. The van der Waals surface area contributed by atoms with Gasteiger partial charge in [0.2, 0.25) is 59.1 Å². The molecule has 2 aliphatic rings. The average Bonchev–Trinajstić information content (AvgIpc) is 3.62. The monoisotopic (exact) mass is 810 g/mol. The molecule has 0 unspecified atom stereocenters. The van der Waals surface area contributed by atoms with Crippen LogP contribution in [0.15, 0.2) is 0 Å². The normalized spacial score (nSPS) is 28.8. The number of fused-ring (bicyclic) bond motifs is 1. The number of nitrogens with zero attached hydrogens (tertiary/aromatic N) is 1. The second kappa shape index (κ2) is 21.4. The van der Waals surface area contributed by atoms with E-state index in [1.165, 1.54) is 13.8 Å². The number of carboxylic acids is 1. The number of primary amides is 2. The zero-order valence-corrected chi connectivity index (χ0v) is 32.4. The largest absolute Gasteiger partial charge is 0.481 e. The number of aliphatic carboxylic acids is 1. The van der Waals surface area contributed by atoms with E-state index in [2.05, 4.69) is 37.2 Å². The van der Waals surface area contributed by atoms with Gasteiger partial charge in [-0.25, -0.2) is 0 Å². The van der Waals surface area contributed by atoms with E-state index in [-0.39, 0.29) is 19.4 Å². The summed E-state index contributed by atoms with van der Waals surface area (Å²) >= 11 is 0. The van der Waals surface area contributed by atoms with Crippen LogP contribution in [0.25, 0.3) is 0 Å². The lowest BCUT2D eigenvalue weighted by Crippen LogP contribution is -2.62. The average molecular weight is 811 g/mol. The first kappa shape index (κ1) is 47.3. The number of hydrogen-bond acceptors (Lipinski definition) is 12. The number of carbonyl (C=O) groups excluding carboxylic acids is 10. The molecule has 2 rings (SSSR count). The number of aliphatic hydroxyl groups excluding tert-OH is 1. The van der Waals surface area contributed by atoms with Crippen molar-refractivity contribution in [3.63, 3.8) is 0 Å². The number of aliphatic hydroxyl groups is 1. The maximum Gasteiger partial charge on any atom is 0.305 e. The Kier molecular flexibility index (Phi) is 17.8. The zero-order valence-electron chi connectivity index (χ0n) is 32.4. The van der Waals surface area contributed by atoms with E-state index < -0.39 is 151 Å². The van der Waals surface area contributed by atoms with Crippen LogP contribution in [0.5, 0.6) is 0 Å². The SMILES string of the molecule is CC[C@H](C)[C@@H]1NC(=O)[C@H](CCC(N)=O)NC(=O)[C@H]([C@@H](C)O)NC(=O)[C@H](C)NC(=O)[C@H](CC(N)=O)NC(=O)[C@@H]2CCCN2C(=O)[C@H](C)NC(=O)[C@H](CC(=O)O)NC1=O. The van der Waals surface area contributed by atoms with E-state index in [0.717, 1.165) is 11.8 Å². The third-order valence-corrected chi connectivity index (χ3v) is 9.54. The number of nitrogens with one attached hydrogen (secondary N) is 7. The van der Waals surface area contributed by atoms with Gasteiger partial charge in [0.05, 0.1) is 18.9 Å². The lowest BCUT2D eigenvalue weighted by atomic mass is 9.96. The number of nitrogens with two attached hydrogens (primary N) is 2. The number of carboxylic acid groups (broad SMARTS) is 1. The molecular formula is C34H54N10O13. The Balaban J connectivity index is 2.64. The first-order valence-corrected chi connectivity index (χ1v) is 18.5. The molecule has 23 nitrogen and oxygen atoms in total. The van der Waals surface area contributed by atoms with Gasteiger partial charge < -0.3 is 63.8 Å². The molecule has 23 heteroatoms. The first-order valence-electron chi connectivity index (χ1n) is 18.5. The number of carbonyl (C=O) groups is 11. The number of hydrogen-bond donors (Lipinski definition) is 11. The Morgan fingerprint density at radius 1 is 0.684 bits per heavy atom. The molecule has 13 N–H and O–H groups in total. The van der Waals surface area contributed by atoms with Crippen molar-refractivity contribution in [2.45, 2.75) is 134 Å². The molecule has 57 heavy (non-hydrogen) atoms. The van der Waals surface area contributed by atoms with Crippen molar-refractivity contribution in [1.82, 2.24) is 42.1 Å².